The van der Waals surface area contributed by atoms with Crippen LogP contribution in [0.15, 0.2) is 73.3 Å². The Balaban J connectivity index is 1.72. The molecule has 0 aliphatic heterocycles. The molecule has 180 valence electrons. The summed E-state index contributed by atoms with van der Waals surface area (Å²) >= 11 is 0. The summed E-state index contributed by atoms with van der Waals surface area (Å²) in [6.45, 7) is 6.90. The van der Waals surface area contributed by atoms with E-state index in [9.17, 15) is 14.4 Å². The van der Waals surface area contributed by atoms with Gasteiger partial charge in [0.25, 0.3) is 0 Å². The lowest BCUT2D eigenvalue weighted by molar-refractivity contribution is -0.140. The molecular weight excluding hydrogens is 444 g/mol. The highest BCUT2D eigenvalue weighted by molar-refractivity contribution is 5.91. The van der Waals surface area contributed by atoms with Gasteiger partial charge in [-0.05, 0) is 48.5 Å². The predicted octanol–water partition coefficient (Wildman–Crippen LogP) is 2.87. The first-order chi connectivity index (χ1) is 16.4. The maximum Gasteiger partial charge on any atom is 0.343 e. The third kappa shape index (κ3) is 9.17. The van der Waals surface area contributed by atoms with Gasteiger partial charge in [-0.3, -0.25) is 0 Å². The number of aliphatic hydroxyl groups excluding tert-OH is 1. The van der Waals surface area contributed by atoms with E-state index >= 15 is 0 Å². The largest absolute Gasteiger partial charge is 0.493 e. The molecule has 0 aromatic heterocycles. The zero-order chi connectivity index (χ0) is 24.8. The fourth-order valence-corrected chi connectivity index (χ4v) is 2.40. The molecule has 0 saturated heterocycles. The molecule has 9 heteroatoms. The van der Waals surface area contributed by atoms with Crippen molar-refractivity contribution in [3.05, 3.63) is 78.9 Å². The number of carbonyl (C=O) groups excluding carboxylic acids is 3. The van der Waals surface area contributed by atoms with Gasteiger partial charge in [-0.1, -0.05) is 13.2 Å². The first-order valence-electron chi connectivity index (χ1n) is 10.4. The number of hydrogen-bond donors (Lipinski definition) is 1. The van der Waals surface area contributed by atoms with Crippen LogP contribution < -0.4 is 14.2 Å². The van der Waals surface area contributed by atoms with Crippen molar-refractivity contribution in [3.63, 3.8) is 0 Å². The molecule has 0 unspecified atom stereocenters. The normalized spacial score (nSPS) is 10.0. The number of carbonyl (C=O) groups is 3. The molecule has 0 aliphatic rings. The van der Waals surface area contributed by atoms with Crippen LogP contribution in [0.3, 0.4) is 0 Å². The van der Waals surface area contributed by atoms with Crippen LogP contribution in [0.2, 0.25) is 0 Å². The third-order valence-corrected chi connectivity index (χ3v) is 4.16. The van der Waals surface area contributed by atoms with Crippen LogP contribution in [0.4, 0.5) is 0 Å². The molecule has 9 nitrogen and oxygen atoms in total. The molecule has 0 saturated carbocycles. The number of rotatable bonds is 14. The summed E-state index contributed by atoms with van der Waals surface area (Å²) in [7, 11) is 0. The zero-order valence-corrected chi connectivity index (χ0v) is 18.6. The van der Waals surface area contributed by atoms with Gasteiger partial charge >= 0.3 is 17.9 Å². The van der Waals surface area contributed by atoms with Gasteiger partial charge in [0.05, 0.1) is 31.0 Å². The molecule has 2 aromatic carbocycles. The van der Waals surface area contributed by atoms with Crippen molar-refractivity contribution < 1.29 is 43.2 Å². The van der Waals surface area contributed by atoms with Crippen LogP contribution >= 0.6 is 0 Å². The van der Waals surface area contributed by atoms with Crippen molar-refractivity contribution in [1.82, 2.24) is 0 Å². The van der Waals surface area contributed by atoms with Crippen LogP contribution in [0.1, 0.15) is 16.8 Å². The topological polar surface area (TPSA) is 118 Å². The van der Waals surface area contributed by atoms with Gasteiger partial charge in [-0.25, -0.2) is 14.4 Å². The van der Waals surface area contributed by atoms with Crippen molar-refractivity contribution in [2.24, 2.45) is 0 Å². The Morgan fingerprint density at radius 3 is 2.00 bits per heavy atom. The van der Waals surface area contributed by atoms with Crippen LogP contribution in [0, 0.1) is 0 Å². The van der Waals surface area contributed by atoms with E-state index in [1.165, 1.54) is 0 Å². The average Bonchev–Trinajstić information content (AvgIpc) is 2.86. The Morgan fingerprint density at radius 1 is 0.794 bits per heavy atom. The summed E-state index contributed by atoms with van der Waals surface area (Å²) in [5, 5.41) is 8.79. The van der Waals surface area contributed by atoms with Gasteiger partial charge in [0.2, 0.25) is 0 Å². The van der Waals surface area contributed by atoms with Crippen LogP contribution in [0.25, 0.3) is 0 Å². The molecule has 0 radical (unpaired) electrons. The molecule has 0 fully saturated rings. The second-order valence-corrected chi connectivity index (χ2v) is 6.70. The standard InChI is InChI=1S/C25H26O9/c1-3-23(27)32-14-4-13-30-20-7-5-19(6-8-20)25(29)34-22-11-9-21(10-12-22)31-15-16-33-24(28)18(2)17-26/h3,5-12,26H,1-2,4,13-17H2. The van der Waals surface area contributed by atoms with E-state index in [-0.39, 0.29) is 25.4 Å². The van der Waals surface area contributed by atoms with Crippen molar-refractivity contribution in [2.75, 3.05) is 33.0 Å². The summed E-state index contributed by atoms with van der Waals surface area (Å²) in [5.41, 5.74) is 0.316. The zero-order valence-electron chi connectivity index (χ0n) is 18.6. The fraction of sp³-hybridized carbons (Fsp3) is 0.240. The number of benzene rings is 2. The minimum atomic E-state index is -0.681. The van der Waals surface area contributed by atoms with E-state index in [1.54, 1.807) is 48.5 Å². The minimum Gasteiger partial charge on any atom is -0.493 e. The Bertz CT molecular complexity index is 978. The van der Waals surface area contributed by atoms with Gasteiger partial charge in [0.1, 0.15) is 30.5 Å². The molecule has 2 rings (SSSR count). The number of esters is 3. The van der Waals surface area contributed by atoms with Gasteiger partial charge < -0.3 is 28.8 Å². The Hall–Kier alpha value is -4.11. The van der Waals surface area contributed by atoms with E-state index in [0.29, 0.717) is 35.8 Å². The first-order valence-corrected chi connectivity index (χ1v) is 10.4. The summed E-state index contributed by atoms with van der Waals surface area (Å²) in [6, 6.07) is 12.8. The highest BCUT2D eigenvalue weighted by Crippen LogP contribution is 2.20. The molecule has 1 N–H and O–H groups in total. The molecular formula is C25H26O9. The van der Waals surface area contributed by atoms with Gasteiger partial charge in [0, 0.05) is 12.5 Å². The number of hydrogen-bond acceptors (Lipinski definition) is 9. The molecule has 2 aromatic rings. The van der Waals surface area contributed by atoms with Crippen LogP contribution in [-0.4, -0.2) is 56.0 Å². The van der Waals surface area contributed by atoms with Crippen LogP contribution in [0.5, 0.6) is 17.2 Å². The maximum atomic E-state index is 12.3. The monoisotopic (exact) mass is 470 g/mol. The molecule has 0 atom stereocenters. The molecule has 34 heavy (non-hydrogen) atoms. The maximum absolute atomic E-state index is 12.3. The number of aliphatic hydroxyl groups is 1. The fourth-order valence-electron chi connectivity index (χ4n) is 2.40. The van der Waals surface area contributed by atoms with Crippen molar-refractivity contribution in [2.45, 2.75) is 6.42 Å². The average molecular weight is 470 g/mol. The van der Waals surface area contributed by atoms with Crippen molar-refractivity contribution in [3.8, 4) is 17.2 Å². The lowest BCUT2D eigenvalue weighted by Gasteiger charge is -2.09. The molecule has 0 bridgehead atoms. The summed E-state index contributed by atoms with van der Waals surface area (Å²) < 4.78 is 26.0. The van der Waals surface area contributed by atoms with Gasteiger partial charge in [0.15, 0.2) is 0 Å². The second kappa shape index (κ2) is 14.1. The third-order valence-electron chi connectivity index (χ3n) is 4.16. The van der Waals surface area contributed by atoms with E-state index in [4.69, 9.17) is 28.8 Å². The minimum absolute atomic E-state index is 0.00291. The Morgan fingerprint density at radius 2 is 1.38 bits per heavy atom. The Labute approximate surface area is 197 Å². The first kappa shape index (κ1) is 26.1. The Kier molecular flexibility index (Phi) is 10.9. The lowest BCUT2D eigenvalue weighted by Crippen LogP contribution is -2.15. The predicted molar refractivity (Wildman–Crippen MR) is 122 cm³/mol. The van der Waals surface area contributed by atoms with E-state index in [0.717, 1.165) is 6.08 Å². The second-order valence-electron chi connectivity index (χ2n) is 6.70. The molecule has 0 amide bonds. The highest BCUT2D eigenvalue weighted by atomic mass is 16.6. The summed E-state index contributed by atoms with van der Waals surface area (Å²) in [6.07, 6.45) is 1.62. The van der Waals surface area contributed by atoms with Crippen LogP contribution in [-0.2, 0) is 19.1 Å². The lowest BCUT2D eigenvalue weighted by atomic mass is 10.2. The number of ether oxygens (including phenoxy) is 5. The van der Waals surface area contributed by atoms with E-state index in [1.807, 2.05) is 0 Å². The molecule has 0 aliphatic carbocycles. The molecule has 0 spiro atoms. The van der Waals surface area contributed by atoms with E-state index in [2.05, 4.69) is 13.2 Å². The highest BCUT2D eigenvalue weighted by Gasteiger charge is 2.10. The molecule has 0 heterocycles. The van der Waals surface area contributed by atoms with Gasteiger partial charge in [-0.15, -0.1) is 0 Å². The van der Waals surface area contributed by atoms with Gasteiger partial charge in [-0.2, -0.15) is 0 Å². The van der Waals surface area contributed by atoms with Crippen molar-refractivity contribution in [1.29, 1.82) is 0 Å². The quantitative estimate of drug-likeness (QED) is 0.192. The van der Waals surface area contributed by atoms with E-state index < -0.39 is 24.5 Å². The van der Waals surface area contributed by atoms with Crippen molar-refractivity contribution >= 4 is 17.9 Å². The smallest absolute Gasteiger partial charge is 0.343 e. The summed E-state index contributed by atoms with van der Waals surface area (Å²) in [5.74, 6) is -0.295. The summed E-state index contributed by atoms with van der Waals surface area (Å²) in [4.78, 5) is 34.6. The SMILES string of the molecule is C=CC(=O)OCCCOc1ccc(C(=O)Oc2ccc(OCCOC(=O)C(=C)CO)cc2)cc1.